The van der Waals surface area contributed by atoms with Crippen LogP contribution < -0.4 is 21.7 Å². The zero-order valence-electron chi connectivity index (χ0n) is 14.5. The van der Waals surface area contributed by atoms with E-state index in [-0.39, 0.29) is 13.0 Å². The van der Waals surface area contributed by atoms with Crippen molar-refractivity contribution in [3.63, 3.8) is 0 Å². The van der Waals surface area contributed by atoms with E-state index >= 15 is 0 Å². The number of rotatable bonds is 12. The molecule has 0 bridgehead atoms. The van der Waals surface area contributed by atoms with Gasteiger partial charge in [-0.15, -0.1) is 0 Å². The number of hydrogen-bond donors (Lipinski definition) is 6. The van der Waals surface area contributed by atoms with Crippen LogP contribution in [0.5, 0.6) is 0 Å². The summed E-state index contributed by atoms with van der Waals surface area (Å²) >= 11 is 1.39. The molecule has 3 atom stereocenters. The highest BCUT2D eigenvalue weighted by Gasteiger charge is 2.29. The van der Waals surface area contributed by atoms with Crippen LogP contribution in [-0.4, -0.2) is 76.6 Å². The molecule has 0 aromatic rings. The predicted molar refractivity (Wildman–Crippen MR) is 93.4 cm³/mol. The molecule has 0 radical (unpaired) electrons. The molecule has 11 nitrogen and oxygen atoms in total. The number of carbonyl (C=O) groups excluding carboxylic acids is 3. The van der Waals surface area contributed by atoms with Gasteiger partial charge in [0.15, 0.2) is 0 Å². The molecule has 0 aliphatic heterocycles. The SMILES string of the molecule is CSCCC(NC(=O)C(CC(=O)O)NC(=O)C(C)NC(=O)CN)C(=O)O. The summed E-state index contributed by atoms with van der Waals surface area (Å²) in [6.45, 7) is 0.990. The number of carboxylic acids is 2. The summed E-state index contributed by atoms with van der Waals surface area (Å²) in [5.74, 6) is -4.50. The Bertz CT molecular complexity index is 543. The third-order valence-corrected chi connectivity index (χ3v) is 3.84. The van der Waals surface area contributed by atoms with Crippen molar-refractivity contribution < 1.29 is 34.2 Å². The van der Waals surface area contributed by atoms with E-state index in [2.05, 4.69) is 16.0 Å². The first-order valence-electron chi connectivity index (χ1n) is 7.66. The third-order valence-electron chi connectivity index (χ3n) is 3.19. The van der Waals surface area contributed by atoms with Crippen LogP contribution in [0.3, 0.4) is 0 Å². The van der Waals surface area contributed by atoms with Gasteiger partial charge in [0, 0.05) is 0 Å². The Balaban J connectivity index is 5.02. The molecule has 0 aromatic heterocycles. The van der Waals surface area contributed by atoms with Crippen molar-refractivity contribution in [1.29, 1.82) is 0 Å². The van der Waals surface area contributed by atoms with Crippen LogP contribution in [0, 0.1) is 0 Å². The molecular formula is C14H24N4O7S. The maximum atomic E-state index is 12.2. The van der Waals surface area contributed by atoms with Crippen LogP contribution in [-0.2, 0) is 24.0 Å². The highest BCUT2D eigenvalue weighted by atomic mass is 32.2. The quantitative estimate of drug-likeness (QED) is 0.213. The van der Waals surface area contributed by atoms with Gasteiger partial charge in [-0.1, -0.05) is 0 Å². The molecule has 0 fully saturated rings. The zero-order chi connectivity index (χ0) is 20.3. The van der Waals surface area contributed by atoms with Crippen molar-refractivity contribution in [2.75, 3.05) is 18.6 Å². The Labute approximate surface area is 154 Å². The molecule has 0 saturated carbocycles. The van der Waals surface area contributed by atoms with Crippen LogP contribution in [0.15, 0.2) is 0 Å². The van der Waals surface area contributed by atoms with Gasteiger partial charge < -0.3 is 31.9 Å². The maximum absolute atomic E-state index is 12.2. The first-order valence-corrected chi connectivity index (χ1v) is 9.05. The van der Waals surface area contributed by atoms with E-state index < -0.39 is 54.2 Å². The molecule has 12 heteroatoms. The molecule has 0 aliphatic carbocycles. The summed E-state index contributed by atoms with van der Waals surface area (Å²) in [4.78, 5) is 57.6. The summed E-state index contributed by atoms with van der Waals surface area (Å²) in [5.41, 5.74) is 5.12. The fraction of sp³-hybridized carbons (Fsp3) is 0.643. The van der Waals surface area contributed by atoms with E-state index in [0.29, 0.717) is 5.75 Å². The Hall–Kier alpha value is -2.34. The minimum absolute atomic E-state index is 0.138. The van der Waals surface area contributed by atoms with Gasteiger partial charge in [0.05, 0.1) is 13.0 Å². The van der Waals surface area contributed by atoms with Crippen molar-refractivity contribution in [3.8, 4) is 0 Å². The minimum atomic E-state index is -1.49. The van der Waals surface area contributed by atoms with E-state index in [1.54, 1.807) is 6.26 Å². The second kappa shape index (κ2) is 12.1. The van der Waals surface area contributed by atoms with E-state index in [4.69, 9.17) is 15.9 Å². The van der Waals surface area contributed by atoms with Crippen LogP contribution in [0.1, 0.15) is 19.8 Å². The van der Waals surface area contributed by atoms with Gasteiger partial charge in [0.25, 0.3) is 0 Å². The summed E-state index contributed by atoms with van der Waals surface area (Å²) in [6, 6.07) is -3.76. The normalized spacial score (nSPS) is 13.8. The van der Waals surface area contributed by atoms with Crippen molar-refractivity contribution in [2.24, 2.45) is 5.73 Å². The lowest BCUT2D eigenvalue weighted by Gasteiger charge is -2.22. The number of nitrogens with one attached hydrogen (secondary N) is 3. The first-order chi connectivity index (χ1) is 12.1. The Morgan fingerprint density at radius 1 is 1.00 bits per heavy atom. The highest BCUT2D eigenvalue weighted by Crippen LogP contribution is 2.03. The lowest BCUT2D eigenvalue weighted by Crippen LogP contribution is -2.56. The topological polar surface area (TPSA) is 188 Å². The fourth-order valence-electron chi connectivity index (χ4n) is 1.81. The van der Waals surface area contributed by atoms with Gasteiger partial charge >= 0.3 is 11.9 Å². The van der Waals surface area contributed by atoms with Crippen molar-refractivity contribution in [3.05, 3.63) is 0 Å². The molecule has 0 spiro atoms. The summed E-state index contributed by atoms with van der Waals surface area (Å²) in [7, 11) is 0. The molecule has 7 N–H and O–H groups in total. The number of aliphatic carboxylic acids is 2. The standard InChI is InChI=1S/C14H24N4O7S/c1-7(16-10(19)6-15)12(22)18-9(5-11(20)21)13(23)17-8(14(24)25)3-4-26-2/h7-9H,3-6,15H2,1-2H3,(H,16,19)(H,17,23)(H,18,22)(H,20,21)(H,24,25). The van der Waals surface area contributed by atoms with Gasteiger partial charge in [-0.25, -0.2) is 4.79 Å². The van der Waals surface area contributed by atoms with Gasteiger partial charge in [-0.2, -0.15) is 11.8 Å². The fourth-order valence-corrected chi connectivity index (χ4v) is 2.28. The number of hydrogen-bond acceptors (Lipinski definition) is 7. The van der Waals surface area contributed by atoms with Crippen molar-refractivity contribution in [2.45, 2.75) is 37.9 Å². The number of nitrogens with two attached hydrogens (primary N) is 1. The molecule has 3 unspecified atom stereocenters. The molecular weight excluding hydrogens is 368 g/mol. The molecule has 0 saturated heterocycles. The van der Waals surface area contributed by atoms with E-state index in [1.165, 1.54) is 18.7 Å². The lowest BCUT2D eigenvalue weighted by atomic mass is 10.1. The molecule has 0 aliphatic rings. The van der Waals surface area contributed by atoms with Gasteiger partial charge in [-0.3, -0.25) is 19.2 Å². The van der Waals surface area contributed by atoms with E-state index in [9.17, 15) is 24.0 Å². The molecule has 148 valence electrons. The van der Waals surface area contributed by atoms with Crippen LogP contribution in [0.4, 0.5) is 0 Å². The van der Waals surface area contributed by atoms with Crippen LogP contribution in [0.25, 0.3) is 0 Å². The highest BCUT2D eigenvalue weighted by molar-refractivity contribution is 7.98. The van der Waals surface area contributed by atoms with E-state index in [0.717, 1.165) is 0 Å². The summed E-state index contributed by atoms with van der Waals surface area (Å²) in [5, 5.41) is 24.7. The molecule has 0 rings (SSSR count). The number of amides is 3. The summed E-state index contributed by atoms with van der Waals surface area (Å²) < 4.78 is 0. The third kappa shape index (κ3) is 9.22. The average Bonchev–Trinajstić information content (AvgIpc) is 2.56. The maximum Gasteiger partial charge on any atom is 0.326 e. The van der Waals surface area contributed by atoms with Gasteiger partial charge in [0.2, 0.25) is 17.7 Å². The smallest absolute Gasteiger partial charge is 0.326 e. The average molecular weight is 392 g/mol. The van der Waals surface area contributed by atoms with Crippen LogP contribution in [0.2, 0.25) is 0 Å². The van der Waals surface area contributed by atoms with Crippen molar-refractivity contribution >= 4 is 41.4 Å². The lowest BCUT2D eigenvalue weighted by molar-refractivity contribution is -0.143. The minimum Gasteiger partial charge on any atom is -0.481 e. The molecule has 0 aromatic carbocycles. The number of carboxylic acid groups (broad SMARTS) is 2. The number of thioether (sulfide) groups is 1. The Morgan fingerprint density at radius 2 is 1.58 bits per heavy atom. The number of carbonyl (C=O) groups is 5. The second-order valence-corrected chi connectivity index (χ2v) is 6.32. The van der Waals surface area contributed by atoms with E-state index in [1.807, 2.05) is 0 Å². The largest absolute Gasteiger partial charge is 0.481 e. The monoisotopic (exact) mass is 392 g/mol. The Morgan fingerprint density at radius 3 is 2.04 bits per heavy atom. The molecule has 0 heterocycles. The zero-order valence-corrected chi connectivity index (χ0v) is 15.3. The van der Waals surface area contributed by atoms with Crippen molar-refractivity contribution in [1.82, 2.24) is 16.0 Å². The predicted octanol–water partition coefficient (Wildman–Crippen LogP) is -2.27. The van der Waals surface area contributed by atoms with Gasteiger partial charge in [-0.05, 0) is 25.4 Å². The molecule has 26 heavy (non-hydrogen) atoms. The summed E-state index contributed by atoms with van der Waals surface area (Å²) in [6.07, 6.45) is 1.16. The van der Waals surface area contributed by atoms with Crippen LogP contribution >= 0.6 is 11.8 Å². The molecule has 3 amide bonds. The van der Waals surface area contributed by atoms with Gasteiger partial charge in [0.1, 0.15) is 18.1 Å². The first kappa shape index (κ1) is 23.7. The second-order valence-electron chi connectivity index (χ2n) is 5.33. The Kier molecular flexibility index (Phi) is 11.0.